The molecule has 0 spiro atoms. The molecule has 0 fully saturated rings. The van der Waals surface area contributed by atoms with Gasteiger partial charge in [0.1, 0.15) is 5.82 Å². The lowest BCUT2D eigenvalue weighted by atomic mass is 10.1. The topological polar surface area (TPSA) is 62.2 Å². The van der Waals surface area contributed by atoms with Crippen LogP contribution in [0.4, 0.5) is 11.5 Å². The fraction of sp³-hybridized carbons (Fsp3) is 0.200. The first-order valence-electron chi connectivity index (χ1n) is 6.25. The quantitative estimate of drug-likeness (QED) is 0.859. The fourth-order valence-corrected chi connectivity index (χ4v) is 1.83. The van der Waals surface area contributed by atoms with Crippen molar-refractivity contribution in [3.63, 3.8) is 0 Å². The average molecular weight is 256 g/mol. The lowest BCUT2D eigenvalue weighted by molar-refractivity contribution is 0.0696. The molecule has 0 aliphatic rings. The second-order valence-corrected chi connectivity index (χ2v) is 4.28. The molecular formula is C15H16N2O2. The highest BCUT2D eigenvalue weighted by atomic mass is 16.4. The summed E-state index contributed by atoms with van der Waals surface area (Å²) in [6.07, 6.45) is 1.70. The van der Waals surface area contributed by atoms with Gasteiger partial charge in [-0.1, -0.05) is 31.5 Å². The van der Waals surface area contributed by atoms with Crippen molar-refractivity contribution < 1.29 is 9.90 Å². The zero-order valence-corrected chi connectivity index (χ0v) is 10.8. The van der Waals surface area contributed by atoms with Gasteiger partial charge in [0.05, 0.1) is 5.56 Å². The van der Waals surface area contributed by atoms with Crippen molar-refractivity contribution >= 4 is 17.5 Å². The van der Waals surface area contributed by atoms with E-state index in [-0.39, 0.29) is 5.56 Å². The Morgan fingerprint density at radius 1 is 1.26 bits per heavy atom. The zero-order valence-electron chi connectivity index (χ0n) is 10.8. The number of nitrogens with zero attached hydrogens (tertiary/aromatic N) is 1. The lowest BCUT2D eigenvalue weighted by Gasteiger charge is -2.08. The molecule has 0 aliphatic heterocycles. The Bertz CT molecular complexity index is 568. The predicted octanol–water partition coefficient (Wildman–Crippen LogP) is 3.48. The van der Waals surface area contributed by atoms with Crippen molar-refractivity contribution in [2.24, 2.45) is 0 Å². The van der Waals surface area contributed by atoms with Crippen LogP contribution in [-0.4, -0.2) is 16.1 Å². The van der Waals surface area contributed by atoms with Crippen molar-refractivity contribution in [3.8, 4) is 0 Å². The maximum Gasteiger partial charge on any atom is 0.335 e. The number of carboxylic acids is 1. The molecule has 0 radical (unpaired) electrons. The number of hydrogen-bond donors (Lipinski definition) is 2. The smallest absolute Gasteiger partial charge is 0.335 e. The Balaban J connectivity index is 2.31. The Hall–Kier alpha value is -2.36. The summed E-state index contributed by atoms with van der Waals surface area (Å²) in [5.41, 5.74) is 1.94. The molecule has 0 bridgehead atoms. The summed E-state index contributed by atoms with van der Waals surface area (Å²) in [5.74, 6) is -0.370. The van der Waals surface area contributed by atoms with Crippen LogP contribution in [0.2, 0.25) is 0 Å². The van der Waals surface area contributed by atoms with Crippen molar-refractivity contribution in [2.75, 3.05) is 5.32 Å². The van der Waals surface area contributed by atoms with Gasteiger partial charge in [0.2, 0.25) is 0 Å². The van der Waals surface area contributed by atoms with E-state index in [0.29, 0.717) is 5.82 Å². The van der Waals surface area contributed by atoms with E-state index in [0.717, 1.165) is 24.2 Å². The summed E-state index contributed by atoms with van der Waals surface area (Å²) < 4.78 is 0. The first kappa shape index (κ1) is 13.1. The van der Waals surface area contributed by atoms with Crippen LogP contribution in [-0.2, 0) is 6.42 Å². The molecule has 0 unspecified atom stereocenters. The van der Waals surface area contributed by atoms with Crippen LogP contribution in [0.3, 0.4) is 0 Å². The standard InChI is InChI=1S/C15H16N2O2/c1-2-6-13-9-11(15(18)19)10-14(17-13)16-12-7-4-3-5-8-12/h3-5,7-10H,2,6H2,1H3,(H,16,17)(H,18,19). The molecule has 98 valence electrons. The molecule has 4 nitrogen and oxygen atoms in total. The van der Waals surface area contributed by atoms with Crippen LogP contribution in [0.25, 0.3) is 0 Å². The van der Waals surface area contributed by atoms with Gasteiger partial charge in [0, 0.05) is 11.4 Å². The van der Waals surface area contributed by atoms with Gasteiger partial charge in [-0.05, 0) is 30.7 Å². The Labute approximate surface area is 112 Å². The van der Waals surface area contributed by atoms with Gasteiger partial charge in [-0.25, -0.2) is 9.78 Å². The first-order chi connectivity index (χ1) is 9.19. The molecule has 0 saturated carbocycles. The molecule has 1 aromatic carbocycles. The summed E-state index contributed by atoms with van der Waals surface area (Å²) in [5, 5.41) is 12.2. The third-order valence-electron chi connectivity index (χ3n) is 2.68. The second-order valence-electron chi connectivity index (χ2n) is 4.28. The van der Waals surface area contributed by atoms with E-state index < -0.39 is 5.97 Å². The molecule has 2 N–H and O–H groups in total. The third kappa shape index (κ3) is 3.55. The van der Waals surface area contributed by atoms with Gasteiger partial charge >= 0.3 is 5.97 Å². The van der Waals surface area contributed by atoms with Crippen molar-refractivity contribution in [1.29, 1.82) is 0 Å². The second kappa shape index (κ2) is 6.00. The van der Waals surface area contributed by atoms with Crippen LogP contribution in [0.15, 0.2) is 42.5 Å². The van der Waals surface area contributed by atoms with E-state index >= 15 is 0 Å². The maximum atomic E-state index is 11.1. The Kier molecular flexibility index (Phi) is 4.13. The molecule has 0 amide bonds. The van der Waals surface area contributed by atoms with Crippen LogP contribution < -0.4 is 5.32 Å². The number of aromatic carboxylic acids is 1. The van der Waals surface area contributed by atoms with E-state index in [1.54, 1.807) is 12.1 Å². The van der Waals surface area contributed by atoms with Gasteiger partial charge in [-0.2, -0.15) is 0 Å². The minimum atomic E-state index is -0.934. The number of benzene rings is 1. The van der Waals surface area contributed by atoms with Gasteiger partial charge in [-0.3, -0.25) is 0 Å². The number of pyridine rings is 1. The monoisotopic (exact) mass is 256 g/mol. The summed E-state index contributed by atoms with van der Waals surface area (Å²) >= 11 is 0. The van der Waals surface area contributed by atoms with Gasteiger partial charge < -0.3 is 10.4 Å². The van der Waals surface area contributed by atoms with Crippen molar-refractivity contribution in [1.82, 2.24) is 4.98 Å². The minimum absolute atomic E-state index is 0.261. The number of anilines is 2. The molecule has 0 aliphatic carbocycles. The number of carbonyl (C=O) groups is 1. The number of rotatable bonds is 5. The van der Waals surface area contributed by atoms with Crippen LogP contribution in [0.1, 0.15) is 29.4 Å². The highest BCUT2D eigenvalue weighted by molar-refractivity contribution is 5.88. The maximum absolute atomic E-state index is 11.1. The third-order valence-corrected chi connectivity index (χ3v) is 2.68. The Morgan fingerprint density at radius 3 is 2.63 bits per heavy atom. The zero-order chi connectivity index (χ0) is 13.7. The molecule has 1 heterocycles. The number of nitrogens with one attached hydrogen (secondary N) is 1. The molecular weight excluding hydrogens is 240 g/mol. The van der Waals surface area contributed by atoms with E-state index in [1.165, 1.54) is 0 Å². The van der Waals surface area contributed by atoms with E-state index in [2.05, 4.69) is 10.3 Å². The fourth-order valence-electron chi connectivity index (χ4n) is 1.83. The van der Waals surface area contributed by atoms with Crippen LogP contribution in [0.5, 0.6) is 0 Å². The average Bonchev–Trinajstić information content (AvgIpc) is 2.40. The van der Waals surface area contributed by atoms with Crippen molar-refractivity contribution in [3.05, 3.63) is 53.7 Å². The van der Waals surface area contributed by atoms with Crippen LogP contribution in [0, 0.1) is 0 Å². The van der Waals surface area contributed by atoms with Gasteiger partial charge in [0.15, 0.2) is 0 Å². The molecule has 0 atom stereocenters. The summed E-state index contributed by atoms with van der Waals surface area (Å²) in [4.78, 5) is 15.5. The summed E-state index contributed by atoms with van der Waals surface area (Å²) in [6.45, 7) is 2.04. The van der Waals surface area contributed by atoms with E-state index in [1.807, 2.05) is 37.3 Å². The van der Waals surface area contributed by atoms with E-state index in [9.17, 15) is 4.79 Å². The minimum Gasteiger partial charge on any atom is -0.478 e. The van der Waals surface area contributed by atoms with Gasteiger partial charge in [-0.15, -0.1) is 0 Å². The highest BCUT2D eigenvalue weighted by Crippen LogP contribution is 2.17. The normalized spacial score (nSPS) is 10.2. The molecule has 2 aromatic rings. The molecule has 2 rings (SSSR count). The number of aromatic nitrogens is 1. The first-order valence-corrected chi connectivity index (χ1v) is 6.25. The number of hydrogen-bond acceptors (Lipinski definition) is 3. The van der Waals surface area contributed by atoms with E-state index in [4.69, 9.17) is 5.11 Å². The van der Waals surface area contributed by atoms with Gasteiger partial charge in [0.25, 0.3) is 0 Å². The summed E-state index contributed by atoms with van der Waals surface area (Å²) in [7, 11) is 0. The Morgan fingerprint density at radius 2 is 2.00 bits per heavy atom. The number of carboxylic acid groups (broad SMARTS) is 1. The molecule has 4 heteroatoms. The van der Waals surface area contributed by atoms with Crippen LogP contribution >= 0.6 is 0 Å². The highest BCUT2D eigenvalue weighted by Gasteiger charge is 2.08. The van der Waals surface area contributed by atoms with Crippen molar-refractivity contribution in [2.45, 2.75) is 19.8 Å². The molecule has 19 heavy (non-hydrogen) atoms. The lowest BCUT2D eigenvalue weighted by Crippen LogP contribution is -2.03. The largest absolute Gasteiger partial charge is 0.478 e. The SMILES string of the molecule is CCCc1cc(C(=O)O)cc(Nc2ccccc2)n1. The predicted molar refractivity (Wildman–Crippen MR) is 74.9 cm³/mol. The number of para-hydroxylation sites is 1. The molecule has 0 saturated heterocycles. The summed E-state index contributed by atoms with van der Waals surface area (Å²) in [6, 6.07) is 12.8. The molecule has 1 aromatic heterocycles. The number of aryl methyl sites for hydroxylation is 1.